The van der Waals surface area contributed by atoms with Crippen LogP contribution in [-0.2, 0) is 16.6 Å². The first-order valence-electron chi connectivity index (χ1n) is 6.91. The number of aryl methyl sites for hydroxylation is 1. The lowest BCUT2D eigenvalue weighted by molar-refractivity contribution is -0.132. The zero-order valence-corrected chi connectivity index (χ0v) is 13.0. The number of carbonyl (C=O) groups excluding carboxylic acids is 2. The van der Waals surface area contributed by atoms with E-state index in [1.807, 2.05) is 23.2 Å². The predicted octanol–water partition coefficient (Wildman–Crippen LogP) is 1.60. The molecule has 2 rings (SSSR count). The third kappa shape index (κ3) is 3.17. The number of nitrogens with one attached hydrogen (secondary N) is 1. The summed E-state index contributed by atoms with van der Waals surface area (Å²) >= 11 is 1.42. The number of hydrogen-bond donors (Lipinski definition) is 1. The Kier molecular flexibility index (Phi) is 4.42. The average Bonchev–Trinajstić information content (AvgIpc) is 2.77. The molecule has 1 N–H and O–H groups in total. The molecule has 1 heterocycles. The molecule has 0 spiro atoms. The number of thiazole rings is 1. The Morgan fingerprint density at radius 3 is 2.60 bits per heavy atom. The van der Waals surface area contributed by atoms with Crippen LogP contribution in [0.4, 0.5) is 0 Å². The zero-order chi connectivity index (χ0) is 14.8. The maximum Gasteiger partial charge on any atom is 0.274 e. The Morgan fingerprint density at radius 2 is 2.10 bits per heavy atom. The molecule has 5 nitrogen and oxygen atoms in total. The second kappa shape index (κ2) is 5.91. The fourth-order valence-corrected chi connectivity index (χ4v) is 3.34. The molecule has 1 fully saturated rings. The molecule has 0 saturated heterocycles. The van der Waals surface area contributed by atoms with Gasteiger partial charge in [0.2, 0.25) is 5.91 Å². The van der Waals surface area contributed by atoms with Crippen LogP contribution < -0.4 is 10.1 Å². The van der Waals surface area contributed by atoms with E-state index in [2.05, 4.69) is 17.2 Å². The molecular weight excluding hydrogens is 274 g/mol. The number of nitrogens with zero attached hydrogens (tertiary/aromatic N) is 2. The summed E-state index contributed by atoms with van der Waals surface area (Å²) in [5.41, 5.74) is -0.810. The number of amides is 2. The van der Waals surface area contributed by atoms with E-state index in [1.54, 1.807) is 0 Å². The van der Waals surface area contributed by atoms with Crippen molar-refractivity contribution in [3.8, 4) is 0 Å². The molecule has 1 aromatic heterocycles. The van der Waals surface area contributed by atoms with Crippen LogP contribution in [0.25, 0.3) is 0 Å². The van der Waals surface area contributed by atoms with E-state index >= 15 is 0 Å². The Labute approximate surface area is 122 Å². The Morgan fingerprint density at radius 1 is 1.45 bits per heavy atom. The number of rotatable bonds is 2. The predicted molar refractivity (Wildman–Crippen MR) is 78.0 cm³/mol. The van der Waals surface area contributed by atoms with Crippen LogP contribution in [0.15, 0.2) is 16.6 Å². The van der Waals surface area contributed by atoms with Gasteiger partial charge in [0.05, 0.1) is 0 Å². The van der Waals surface area contributed by atoms with Crippen molar-refractivity contribution in [1.82, 2.24) is 9.88 Å². The third-order valence-corrected chi connectivity index (χ3v) is 4.76. The van der Waals surface area contributed by atoms with E-state index in [0.29, 0.717) is 23.6 Å². The lowest BCUT2D eigenvalue weighted by atomic mass is 9.76. The number of hydrogen-bond acceptors (Lipinski definition) is 3. The van der Waals surface area contributed by atoms with Gasteiger partial charge in [-0.05, 0) is 31.6 Å². The minimum Gasteiger partial charge on any atom is -0.342 e. The van der Waals surface area contributed by atoms with Gasteiger partial charge in [0.1, 0.15) is 5.54 Å². The summed E-state index contributed by atoms with van der Waals surface area (Å²) in [6.45, 7) is 3.64. The molecule has 0 bridgehead atoms. The number of carbonyl (C=O) groups is 2. The van der Waals surface area contributed by atoms with Crippen molar-refractivity contribution in [3.05, 3.63) is 16.4 Å². The first-order chi connectivity index (χ1) is 9.43. The molecule has 0 radical (unpaired) electrons. The minimum absolute atomic E-state index is 0.168. The van der Waals surface area contributed by atoms with Gasteiger partial charge in [0.25, 0.3) is 5.91 Å². The van der Waals surface area contributed by atoms with Gasteiger partial charge in [-0.1, -0.05) is 6.92 Å². The largest absolute Gasteiger partial charge is 0.342 e. The van der Waals surface area contributed by atoms with Gasteiger partial charge in [-0.2, -0.15) is 4.99 Å². The third-order valence-electron chi connectivity index (χ3n) is 3.91. The quantitative estimate of drug-likeness (QED) is 0.900. The molecule has 2 amide bonds. The Hall–Kier alpha value is -1.43. The lowest BCUT2D eigenvalue weighted by Gasteiger charge is -2.36. The fourth-order valence-electron chi connectivity index (χ4n) is 2.61. The van der Waals surface area contributed by atoms with Crippen molar-refractivity contribution in [2.75, 3.05) is 0 Å². The maximum absolute atomic E-state index is 12.6. The second-order valence-corrected chi connectivity index (χ2v) is 6.53. The molecule has 20 heavy (non-hydrogen) atoms. The Balaban J connectivity index is 2.30. The molecule has 1 aliphatic rings. The van der Waals surface area contributed by atoms with Gasteiger partial charge in [-0.25, -0.2) is 0 Å². The van der Waals surface area contributed by atoms with Crippen LogP contribution in [0.1, 0.15) is 39.5 Å². The van der Waals surface area contributed by atoms with Crippen LogP contribution in [0.2, 0.25) is 0 Å². The summed E-state index contributed by atoms with van der Waals surface area (Å²) in [4.78, 5) is 28.9. The van der Waals surface area contributed by atoms with E-state index in [-0.39, 0.29) is 11.8 Å². The highest BCUT2D eigenvalue weighted by molar-refractivity contribution is 7.07. The van der Waals surface area contributed by atoms with E-state index < -0.39 is 5.54 Å². The molecular formula is C14H21N3O2S. The summed E-state index contributed by atoms with van der Waals surface area (Å²) < 4.78 is 1.81. The number of aromatic nitrogens is 1. The van der Waals surface area contributed by atoms with Crippen molar-refractivity contribution in [3.63, 3.8) is 0 Å². The molecule has 6 heteroatoms. The van der Waals surface area contributed by atoms with Crippen LogP contribution in [0.5, 0.6) is 0 Å². The summed E-state index contributed by atoms with van der Waals surface area (Å²) in [7, 11) is 1.86. The normalized spacial score (nSPS) is 27.4. The second-order valence-electron chi connectivity index (χ2n) is 5.66. The fraction of sp³-hybridized carbons (Fsp3) is 0.643. The summed E-state index contributed by atoms with van der Waals surface area (Å²) in [5.74, 6) is 0.207. The van der Waals surface area contributed by atoms with Crippen molar-refractivity contribution >= 4 is 23.2 Å². The van der Waals surface area contributed by atoms with Crippen molar-refractivity contribution < 1.29 is 9.59 Å². The smallest absolute Gasteiger partial charge is 0.274 e. The maximum atomic E-state index is 12.6. The average molecular weight is 295 g/mol. The summed E-state index contributed by atoms with van der Waals surface area (Å²) in [6.07, 6.45) is 5.09. The molecule has 110 valence electrons. The Bertz CT molecular complexity index is 565. The van der Waals surface area contributed by atoms with E-state index in [1.165, 1.54) is 18.3 Å². The topological polar surface area (TPSA) is 63.5 Å². The van der Waals surface area contributed by atoms with Crippen LogP contribution in [0.3, 0.4) is 0 Å². The molecule has 1 saturated carbocycles. The van der Waals surface area contributed by atoms with E-state index in [9.17, 15) is 9.59 Å². The van der Waals surface area contributed by atoms with Gasteiger partial charge in [-0.3, -0.25) is 9.59 Å². The molecule has 1 aromatic rings. The van der Waals surface area contributed by atoms with Crippen molar-refractivity contribution in [1.29, 1.82) is 0 Å². The highest BCUT2D eigenvalue weighted by Crippen LogP contribution is 2.32. The standard InChI is InChI=1S/C14H21N3O2S/c1-10-4-6-14(7-5-10,16-11(2)18)12(19)15-13-17(3)8-9-20-13/h8-10H,4-7H2,1-3H3,(H,16,18). The van der Waals surface area contributed by atoms with Crippen LogP contribution in [-0.4, -0.2) is 21.9 Å². The van der Waals surface area contributed by atoms with Gasteiger partial charge < -0.3 is 9.88 Å². The van der Waals surface area contributed by atoms with Gasteiger partial charge in [0.15, 0.2) is 4.80 Å². The lowest BCUT2D eigenvalue weighted by Crippen LogP contribution is -2.55. The molecule has 0 aliphatic heterocycles. The molecule has 0 unspecified atom stereocenters. The van der Waals surface area contributed by atoms with Crippen LogP contribution >= 0.6 is 11.3 Å². The SMILES string of the molecule is CC(=O)NC1(C(=O)N=c2sccn2C)CCC(C)CC1. The van der Waals surface area contributed by atoms with Gasteiger partial charge >= 0.3 is 0 Å². The summed E-state index contributed by atoms with van der Waals surface area (Å²) in [6, 6.07) is 0. The first kappa shape index (κ1) is 15.0. The molecule has 0 aromatic carbocycles. The molecule has 1 aliphatic carbocycles. The monoisotopic (exact) mass is 295 g/mol. The first-order valence-corrected chi connectivity index (χ1v) is 7.79. The zero-order valence-electron chi connectivity index (χ0n) is 12.2. The summed E-state index contributed by atoms with van der Waals surface area (Å²) in [5, 5.41) is 4.75. The van der Waals surface area contributed by atoms with Crippen molar-refractivity contribution in [2.24, 2.45) is 18.0 Å². The van der Waals surface area contributed by atoms with Gasteiger partial charge in [0, 0.05) is 25.5 Å². The highest BCUT2D eigenvalue weighted by atomic mass is 32.1. The van der Waals surface area contributed by atoms with E-state index in [4.69, 9.17) is 0 Å². The van der Waals surface area contributed by atoms with Gasteiger partial charge in [-0.15, -0.1) is 11.3 Å². The minimum atomic E-state index is -0.810. The highest BCUT2D eigenvalue weighted by Gasteiger charge is 2.41. The van der Waals surface area contributed by atoms with Crippen molar-refractivity contribution in [2.45, 2.75) is 45.1 Å². The van der Waals surface area contributed by atoms with E-state index in [0.717, 1.165) is 12.8 Å². The van der Waals surface area contributed by atoms with Crippen LogP contribution in [0, 0.1) is 5.92 Å². The molecule has 0 atom stereocenters.